The highest BCUT2D eigenvalue weighted by Gasteiger charge is 2.12. The number of aliphatic hydroxyl groups excluding tert-OH is 1. The molecule has 0 aliphatic heterocycles. The molecule has 0 bridgehead atoms. The topological polar surface area (TPSA) is 103 Å². The molecule has 0 aromatic carbocycles. The minimum atomic E-state index is -0.619. The van der Waals surface area contributed by atoms with Crippen LogP contribution in [0.1, 0.15) is 23.9 Å². The number of nitrogens with two attached hydrogens (primary N) is 1. The fourth-order valence-electron chi connectivity index (χ4n) is 1.07. The third kappa shape index (κ3) is 2.19. The van der Waals surface area contributed by atoms with E-state index < -0.39 is 6.04 Å². The molecular weight excluding hydrogens is 182 g/mol. The van der Waals surface area contributed by atoms with Gasteiger partial charge < -0.3 is 15.9 Å². The lowest BCUT2D eigenvalue weighted by Crippen LogP contribution is -2.12. The monoisotopic (exact) mass is 193 g/mol. The van der Waals surface area contributed by atoms with Gasteiger partial charge in [0.2, 0.25) is 0 Å². The first-order chi connectivity index (χ1) is 6.69. The minimum Gasteiger partial charge on any atom is -0.506 e. The molecule has 0 saturated carbocycles. The maximum atomic E-state index is 9.39. The third-order valence-electron chi connectivity index (χ3n) is 1.78. The summed E-state index contributed by atoms with van der Waals surface area (Å²) in [5.74, 6) is -0.0510. The van der Waals surface area contributed by atoms with E-state index in [1.54, 1.807) is 0 Å². The second-order valence-electron chi connectivity index (χ2n) is 2.83. The predicted octanol–water partition coefficient (Wildman–Crippen LogP) is 0.193. The Bertz CT molecular complexity index is 360. The number of hydrogen-bond donors (Lipinski definition) is 3. The third-order valence-corrected chi connectivity index (χ3v) is 1.78. The Balaban J connectivity index is 3.00. The Morgan fingerprint density at radius 2 is 2.29 bits per heavy atom. The quantitative estimate of drug-likeness (QED) is 0.636. The molecule has 1 heterocycles. The number of aromatic hydroxyl groups is 1. The lowest BCUT2D eigenvalue weighted by molar-refractivity contribution is 0.276. The number of rotatable bonds is 3. The zero-order valence-electron chi connectivity index (χ0n) is 7.51. The van der Waals surface area contributed by atoms with Gasteiger partial charge in [-0.25, -0.2) is 4.98 Å². The Hall–Kier alpha value is -1.64. The zero-order chi connectivity index (χ0) is 10.6. The average Bonchev–Trinajstić information content (AvgIpc) is 2.19. The number of hydrogen-bond acceptors (Lipinski definition) is 5. The molecule has 5 heteroatoms. The number of nitrogens with zero attached hydrogens (tertiary/aromatic N) is 2. The molecule has 0 aliphatic rings. The van der Waals surface area contributed by atoms with Crippen molar-refractivity contribution in [2.24, 2.45) is 5.73 Å². The van der Waals surface area contributed by atoms with Gasteiger partial charge in [0.1, 0.15) is 11.4 Å². The lowest BCUT2D eigenvalue weighted by Gasteiger charge is -2.09. The molecule has 14 heavy (non-hydrogen) atoms. The molecular formula is C9H11N3O2. The van der Waals surface area contributed by atoms with Gasteiger partial charge in [0.05, 0.1) is 30.8 Å². The van der Waals surface area contributed by atoms with Crippen molar-refractivity contribution in [1.29, 1.82) is 5.26 Å². The van der Waals surface area contributed by atoms with Gasteiger partial charge >= 0.3 is 0 Å². The SMILES string of the molecule is N#CCC(N)c1nc(CO)ccc1O. The second-order valence-corrected chi connectivity index (χ2v) is 2.83. The van der Waals surface area contributed by atoms with E-state index in [1.165, 1.54) is 12.1 Å². The van der Waals surface area contributed by atoms with Crippen LogP contribution in [-0.2, 0) is 6.61 Å². The van der Waals surface area contributed by atoms with Crippen molar-refractivity contribution in [3.63, 3.8) is 0 Å². The molecule has 1 rings (SSSR count). The van der Waals surface area contributed by atoms with Crippen LogP contribution in [0.25, 0.3) is 0 Å². The number of nitriles is 1. The summed E-state index contributed by atoms with van der Waals surface area (Å²) in [4.78, 5) is 3.93. The first kappa shape index (κ1) is 10.4. The predicted molar refractivity (Wildman–Crippen MR) is 49.0 cm³/mol. The van der Waals surface area contributed by atoms with Crippen LogP contribution in [0.5, 0.6) is 5.75 Å². The van der Waals surface area contributed by atoms with Gasteiger partial charge in [-0.05, 0) is 12.1 Å². The smallest absolute Gasteiger partial charge is 0.138 e. The molecule has 1 atom stereocenters. The van der Waals surface area contributed by atoms with Gasteiger partial charge in [-0.2, -0.15) is 5.26 Å². The summed E-state index contributed by atoms with van der Waals surface area (Å²) in [7, 11) is 0. The molecule has 0 fully saturated rings. The van der Waals surface area contributed by atoms with Crippen LogP contribution in [0.3, 0.4) is 0 Å². The molecule has 1 unspecified atom stereocenters. The second kappa shape index (κ2) is 4.56. The van der Waals surface area contributed by atoms with E-state index in [9.17, 15) is 5.11 Å². The molecule has 0 radical (unpaired) electrons. The van der Waals surface area contributed by atoms with E-state index in [4.69, 9.17) is 16.1 Å². The first-order valence-electron chi connectivity index (χ1n) is 4.11. The summed E-state index contributed by atoms with van der Waals surface area (Å²) in [6.07, 6.45) is 0.0788. The van der Waals surface area contributed by atoms with E-state index in [0.717, 1.165) is 0 Å². The van der Waals surface area contributed by atoms with Crippen molar-refractivity contribution >= 4 is 0 Å². The van der Waals surface area contributed by atoms with Crippen LogP contribution in [0, 0.1) is 11.3 Å². The molecule has 4 N–H and O–H groups in total. The molecule has 5 nitrogen and oxygen atoms in total. The van der Waals surface area contributed by atoms with Crippen molar-refractivity contribution in [3.8, 4) is 11.8 Å². The van der Waals surface area contributed by atoms with Gasteiger partial charge in [-0.15, -0.1) is 0 Å². The van der Waals surface area contributed by atoms with Gasteiger partial charge in [-0.3, -0.25) is 0 Å². The fraction of sp³-hybridized carbons (Fsp3) is 0.333. The fourth-order valence-corrected chi connectivity index (χ4v) is 1.07. The van der Waals surface area contributed by atoms with Gasteiger partial charge in [0.15, 0.2) is 0 Å². The minimum absolute atomic E-state index is 0.0510. The Labute approximate surface area is 81.4 Å². The first-order valence-corrected chi connectivity index (χ1v) is 4.11. The Morgan fingerprint density at radius 1 is 1.57 bits per heavy atom. The van der Waals surface area contributed by atoms with Crippen LogP contribution in [-0.4, -0.2) is 15.2 Å². The van der Waals surface area contributed by atoms with E-state index >= 15 is 0 Å². The lowest BCUT2D eigenvalue weighted by atomic mass is 10.1. The Morgan fingerprint density at radius 3 is 2.86 bits per heavy atom. The summed E-state index contributed by atoms with van der Waals surface area (Å²) >= 11 is 0. The standard InChI is InChI=1S/C9H11N3O2/c10-4-3-7(11)9-8(14)2-1-6(5-13)12-9/h1-2,7,13-14H,3,5,11H2. The summed E-state index contributed by atoms with van der Waals surface area (Å²) in [5, 5.41) is 26.6. The summed E-state index contributed by atoms with van der Waals surface area (Å²) in [6.45, 7) is -0.216. The zero-order valence-corrected chi connectivity index (χ0v) is 7.51. The molecule has 0 amide bonds. The average molecular weight is 193 g/mol. The van der Waals surface area contributed by atoms with Crippen molar-refractivity contribution in [2.45, 2.75) is 19.1 Å². The molecule has 0 spiro atoms. The number of pyridine rings is 1. The highest BCUT2D eigenvalue weighted by atomic mass is 16.3. The van der Waals surface area contributed by atoms with Crippen LogP contribution in [0.15, 0.2) is 12.1 Å². The van der Waals surface area contributed by atoms with E-state index in [0.29, 0.717) is 5.69 Å². The number of aromatic nitrogens is 1. The van der Waals surface area contributed by atoms with Gasteiger partial charge in [-0.1, -0.05) is 0 Å². The molecule has 0 saturated heterocycles. The van der Waals surface area contributed by atoms with Gasteiger partial charge in [0.25, 0.3) is 0 Å². The van der Waals surface area contributed by atoms with Crippen LogP contribution < -0.4 is 5.73 Å². The highest BCUT2D eigenvalue weighted by Crippen LogP contribution is 2.22. The van der Waals surface area contributed by atoms with Crippen LogP contribution >= 0.6 is 0 Å². The summed E-state index contributed by atoms with van der Waals surface area (Å²) in [5.41, 5.74) is 6.27. The van der Waals surface area contributed by atoms with E-state index in [2.05, 4.69) is 4.98 Å². The summed E-state index contributed by atoms with van der Waals surface area (Å²) < 4.78 is 0. The normalized spacial score (nSPS) is 12.1. The van der Waals surface area contributed by atoms with Crippen molar-refractivity contribution in [3.05, 3.63) is 23.5 Å². The highest BCUT2D eigenvalue weighted by molar-refractivity contribution is 5.30. The maximum absolute atomic E-state index is 9.39. The molecule has 0 aliphatic carbocycles. The van der Waals surface area contributed by atoms with Crippen LogP contribution in [0.2, 0.25) is 0 Å². The van der Waals surface area contributed by atoms with Gasteiger partial charge in [0, 0.05) is 0 Å². The molecule has 74 valence electrons. The maximum Gasteiger partial charge on any atom is 0.138 e. The van der Waals surface area contributed by atoms with Crippen LogP contribution in [0.4, 0.5) is 0 Å². The van der Waals surface area contributed by atoms with E-state index in [-0.39, 0.29) is 24.5 Å². The van der Waals surface area contributed by atoms with E-state index in [1.807, 2.05) is 6.07 Å². The summed E-state index contributed by atoms with van der Waals surface area (Å²) in [6, 6.07) is 4.18. The largest absolute Gasteiger partial charge is 0.506 e. The molecule has 1 aromatic heterocycles. The van der Waals surface area contributed by atoms with Crippen molar-refractivity contribution < 1.29 is 10.2 Å². The number of aliphatic hydroxyl groups is 1. The van der Waals surface area contributed by atoms with Crippen molar-refractivity contribution in [1.82, 2.24) is 4.98 Å². The molecule has 1 aromatic rings. The Kier molecular flexibility index (Phi) is 3.40. The van der Waals surface area contributed by atoms with Crippen molar-refractivity contribution in [2.75, 3.05) is 0 Å².